The van der Waals surface area contributed by atoms with Crippen LogP contribution in [0.25, 0.3) is 16.9 Å². The van der Waals surface area contributed by atoms with Crippen molar-refractivity contribution in [2.45, 2.75) is 12.1 Å². The number of anilines is 1. The monoisotopic (exact) mass is 461 g/mol. The van der Waals surface area contributed by atoms with Gasteiger partial charge in [0.25, 0.3) is 0 Å². The summed E-state index contributed by atoms with van der Waals surface area (Å²) in [5, 5.41) is 3.46. The fraction of sp³-hybridized carbons (Fsp3) is 0.120. The van der Waals surface area contributed by atoms with Gasteiger partial charge in [0.1, 0.15) is 5.82 Å². The van der Waals surface area contributed by atoms with Gasteiger partial charge >= 0.3 is 0 Å². The van der Waals surface area contributed by atoms with E-state index in [-0.39, 0.29) is 24.3 Å². The van der Waals surface area contributed by atoms with Gasteiger partial charge in [-0.2, -0.15) is 0 Å². The molecule has 0 atom stereocenters. The Hall–Kier alpha value is -3.78. The number of amides is 1. The van der Waals surface area contributed by atoms with Crippen molar-refractivity contribution in [1.82, 2.24) is 9.55 Å². The first kappa shape index (κ1) is 21.1. The molecule has 1 aliphatic heterocycles. The number of thioether (sulfide) groups is 1. The van der Waals surface area contributed by atoms with Gasteiger partial charge in [0.05, 0.1) is 11.4 Å². The maximum absolute atomic E-state index is 13.1. The zero-order valence-electron chi connectivity index (χ0n) is 17.7. The van der Waals surface area contributed by atoms with Crippen molar-refractivity contribution in [2.24, 2.45) is 0 Å². The molecule has 1 aromatic heterocycles. The molecule has 33 heavy (non-hydrogen) atoms. The molecule has 0 spiro atoms. The van der Waals surface area contributed by atoms with Gasteiger partial charge in [0.2, 0.25) is 12.7 Å². The Morgan fingerprint density at radius 2 is 1.82 bits per heavy atom. The lowest BCUT2D eigenvalue weighted by Crippen LogP contribution is -2.14. The Labute approximate surface area is 194 Å². The highest BCUT2D eigenvalue weighted by atomic mass is 32.2. The highest BCUT2D eigenvalue weighted by Crippen LogP contribution is 2.36. The van der Waals surface area contributed by atoms with E-state index in [1.807, 2.05) is 60.2 Å². The lowest BCUT2D eigenvalue weighted by molar-refractivity contribution is -0.113. The normalized spacial score (nSPS) is 12.1. The molecule has 4 aromatic rings. The SMILES string of the molecule is Cc1ccc(-n2cc(-c3ccc4c(c3)OCO4)nc2SCC(=O)Nc2ccc(F)cc2)cc1. The highest BCUT2D eigenvalue weighted by Gasteiger charge is 2.18. The zero-order valence-corrected chi connectivity index (χ0v) is 18.6. The zero-order chi connectivity index (χ0) is 22.8. The number of carbonyl (C=O) groups is 1. The summed E-state index contributed by atoms with van der Waals surface area (Å²) in [6.45, 7) is 2.24. The fourth-order valence-corrected chi connectivity index (χ4v) is 4.20. The van der Waals surface area contributed by atoms with E-state index in [0.29, 0.717) is 22.3 Å². The van der Waals surface area contributed by atoms with Crippen molar-refractivity contribution in [1.29, 1.82) is 0 Å². The first-order valence-corrected chi connectivity index (χ1v) is 11.3. The third kappa shape index (κ3) is 4.70. The number of carbonyl (C=O) groups excluding carboxylic acids is 1. The van der Waals surface area contributed by atoms with Crippen molar-refractivity contribution in [2.75, 3.05) is 17.9 Å². The van der Waals surface area contributed by atoms with Crippen LogP contribution in [0.1, 0.15) is 5.56 Å². The number of aryl methyl sites for hydroxylation is 1. The summed E-state index contributed by atoms with van der Waals surface area (Å²) < 4.78 is 26.0. The van der Waals surface area contributed by atoms with Crippen LogP contribution < -0.4 is 14.8 Å². The number of nitrogens with zero attached hydrogens (tertiary/aromatic N) is 2. The fourth-order valence-electron chi connectivity index (χ4n) is 3.41. The highest BCUT2D eigenvalue weighted by molar-refractivity contribution is 7.99. The van der Waals surface area contributed by atoms with Gasteiger partial charge in [0, 0.05) is 23.1 Å². The van der Waals surface area contributed by atoms with E-state index in [1.165, 1.54) is 36.0 Å². The quantitative estimate of drug-likeness (QED) is 0.387. The molecule has 1 N–H and O–H groups in total. The van der Waals surface area contributed by atoms with Gasteiger partial charge in [-0.05, 0) is 61.5 Å². The number of aromatic nitrogens is 2. The van der Waals surface area contributed by atoms with Gasteiger partial charge in [0.15, 0.2) is 16.7 Å². The van der Waals surface area contributed by atoms with E-state index in [4.69, 9.17) is 14.5 Å². The van der Waals surface area contributed by atoms with Crippen LogP contribution in [0.5, 0.6) is 11.5 Å². The smallest absolute Gasteiger partial charge is 0.234 e. The maximum atomic E-state index is 13.1. The van der Waals surface area contributed by atoms with Crippen LogP contribution in [-0.2, 0) is 4.79 Å². The molecule has 0 saturated carbocycles. The topological polar surface area (TPSA) is 65.4 Å². The van der Waals surface area contributed by atoms with E-state index >= 15 is 0 Å². The van der Waals surface area contributed by atoms with Crippen molar-refractivity contribution in [3.8, 4) is 28.4 Å². The van der Waals surface area contributed by atoms with Gasteiger partial charge in [-0.1, -0.05) is 29.5 Å². The predicted octanol–water partition coefficient (Wildman–Crippen LogP) is 5.45. The molecule has 0 radical (unpaired) electrons. The summed E-state index contributed by atoms with van der Waals surface area (Å²) in [6, 6.07) is 19.5. The number of halogens is 1. The Balaban J connectivity index is 1.40. The first-order chi connectivity index (χ1) is 16.0. The second-order valence-corrected chi connectivity index (χ2v) is 8.47. The molecular formula is C25H20FN3O3S. The Morgan fingerprint density at radius 1 is 1.06 bits per heavy atom. The Morgan fingerprint density at radius 3 is 2.61 bits per heavy atom. The summed E-state index contributed by atoms with van der Waals surface area (Å²) in [5.74, 6) is 1.00. The number of hydrogen-bond acceptors (Lipinski definition) is 5. The summed E-state index contributed by atoms with van der Waals surface area (Å²) in [6.07, 6.45) is 1.95. The largest absolute Gasteiger partial charge is 0.454 e. The summed E-state index contributed by atoms with van der Waals surface area (Å²) >= 11 is 1.33. The van der Waals surface area contributed by atoms with Crippen LogP contribution in [0.3, 0.4) is 0 Å². The molecule has 166 valence electrons. The molecule has 6 nitrogen and oxygen atoms in total. The number of rotatable bonds is 6. The van der Waals surface area contributed by atoms with Crippen LogP contribution in [0.15, 0.2) is 78.1 Å². The third-order valence-electron chi connectivity index (χ3n) is 5.11. The standard InChI is InChI=1S/C25H20FN3O3S/c1-16-2-9-20(10-3-16)29-13-21(17-4-11-22-23(12-17)32-15-31-22)28-25(29)33-14-24(30)27-19-7-5-18(26)6-8-19/h2-13H,14-15H2,1H3,(H,27,30). The molecular weight excluding hydrogens is 441 g/mol. The van der Waals surface area contributed by atoms with E-state index in [1.54, 1.807) is 0 Å². The van der Waals surface area contributed by atoms with Crippen molar-refractivity contribution in [3.05, 3.63) is 84.3 Å². The second kappa shape index (κ2) is 8.99. The summed E-state index contributed by atoms with van der Waals surface area (Å²) in [7, 11) is 0. The van der Waals surface area contributed by atoms with Crippen LogP contribution in [0.4, 0.5) is 10.1 Å². The molecule has 0 saturated heterocycles. The molecule has 8 heteroatoms. The van der Waals surface area contributed by atoms with Crippen molar-refractivity contribution >= 4 is 23.4 Å². The molecule has 0 bridgehead atoms. The average Bonchev–Trinajstić information content (AvgIpc) is 3.46. The minimum Gasteiger partial charge on any atom is -0.454 e. The molecule has 0 aliphatic carbocycles. The maximum Gasteiger partial charge on any atom is 0.234 e. The number of hydrogen-bond donors (Lipinski definition) is 1. The van der Waals surface area contributed by atoms with Crippen molar-refractivity contribution in [3.63, 3.8) is 0 Å². The molecule has 1 amide bonds. The molecule has 2 heterocycles. The summed E-state index contributed by atoms with van der Waals surface area (Å²) in [5.41, 5.74) is 4.30. The van der Waals surface area contributed by atoms with Crippen LogP contribution in [0, 0.1) is 12.7 Å². The van der Waals surface area contributed by atoms with Crippen LogP contribution in [0.2, 0.25) is 0 Å². The number of imidazole rings is 1. The average molecular weight is 462 g/mol. The minimum absolute atomic E-state index is 0.154. The summed E-state index contributed by atoms with van der Waals surface area (Å²) in [4.78, 5) is 17.3. The molecule has 1 aliphatic rings. The molecule has 0 unspecified atom stereocenters. The molecule has 3 aromatic carbocycles. The number of fused-ring (bicyclic) bond motifs is 1. The van der Waals surface area contributed by atoms with E-state index < -0.39 is 0 Å². The van der Waals surface area contributed by atoms with Crippen molar-refractivity contribution < 1.29 is 18.7 Å². The first-order valence-electron chi connectivity index (χ1n) is 10.3. The number of nitrogens with one attached hydrogen (secondary N) is 1. The Kier molecular flexibility index (Phi) is 5.75. The Bertz CT molecular complexity index is 1300. The lowest BCUT2D eigenvalue weighted by Gasteiger charge is -2.08. The second-order valence-electron chi connectivity index (χ2n) is 7.53. The van der Waals surface area contributed by atoms with Gasteiger partial charge in [-0.3, -0.25) is 9.36 Å². The predicted molar refractivity (Wildman–Crippen MR) is 126 cm³/mol. The number of ether oxygens (including phenoxy) is 2. The van der Waals surface area contributed by atoms with Gasteiger partial charge < -0.3 is 14.8 Å². The minimum atomic E-state index is -0.349. The lowest BCUT2D eigenvalue weighted by atomic mass is 10.1. The molecule has 5 rings (SSSR count). The van der Waals surface area contributed by atoms with E-state index in [0.717, 1.165) is 22.5 Å². The van der Waals surface area contributed by atoms with Gasteiger partial charge in [-0.15, -0.1) is 0 Å². The van der Waals surface area contributed by atoms with Gasteiger partial charge in [-0.25, -0.2) is 9.37 Å². The van der Waals surface area contributed by atoms with E-state index in [9.17, 15) is 9.18 Å². The van der Waals surface area contributed by atoms with Crippen LogP contribution >= 0.6 is 11.8 Å². The van der Waals surface area contributed by atoms with E-state index in [2.05, 4.69) is 5.32 Å². The molecule has 0 fully saturated rings. The number of benzene rings is 3. The third-order valence-corrected chi connectivity index (χ3v) is 6.07. The van der Waals surface area contributed by atoms with Crippen LogP contribution in [-0.4, -0.2) is 28.0 Å².